The molecular weight excluding hydrogens is 422 g/mol. The van der Waals surface area contributed by atoms with Gasteiger partial charge in [0.2, 0.25) is 5.75 Å². The molecule has 1 amide bonds. The number of carbonyl (C=O) groups is 2. The number of esters is 1. The van der Waals surface area contributed by atoms with Crippen LogP contribution in [-0.4, -0.2) is 39.2 Å². The molecule has 1 atom stereocenters. The molecule has 1 unspecified atom stereocenters. The second-order valence-electron chi connectivity index (χ2n) is 7.53. The maximum atomic E-state index is 13.6. The number of amides is 1. The molecule has 33 heavy (non-hydrogen) atoms. The van der Waals surface area contributed by atoms with Gasteiger partial charge in [0.05, 0.1) is 21.3 Å². The van der Waals surface area contributed by atoms with Crippen LogP contribution >= 0.6 is 0 Å². The molecule has 7 nitrogen and oxygen atoms in total. The van der Waals surface area contributed by atoms with Crippen molar-refractivity contribution in [1.82, 2.24) is 0 Å². The third-order valence-electron chi connectivity index (χ3n) is 5.60. The van der Waals surface area contributed by atoms with Crippen LogP contribution in [0.25, 0.3) is 0 Å². The lowest BCUT2D eigenvalue weighted by atomic mass is 10.1. The van der Waals surface area contributed by atoms with Crippen LogP contribution in [0.1, 0.15) is 21.5 Å². The largest absolute Gasteiger partial charge is 0.493 e. The Kier molecular flexibility index (Phi) is 6.49. The Labute approximate surface area is 192 Å². The number of hydrogen-bond donors (Lipinski definition) is 0. The second-order valence-corrected chi connectivity index (χ2v) is 7.53. The molecular formula is C26H25NO6. The summed E-state index contributed by atoms with van der Waals surface area (Å²) in [6.07, 6.45) is 0.390. The predicted octanol–water partition coefficient (Wildman–Crippen LogP) is 4.03. The van der Waals surface area contributed by atoms with E-state index in [0.717, 1.165) is 11.1 Å². The van der Waals surface area contributed by atoms with E-state index in [9.17, 15) is 9.59 Å². The first-order valence-electron chi connectivity index (χ1n) is 10.5. The first kappa shape index (κ1) is 22.2. The molecule has 4 rings (SSSR count). The van der Waals surface area contributed by atoms with Crippen molar-refractivity contribution in [2.45, 2.75) is 19.1 Å². The zero-order valence-electron chi connectivity index (χ0n) is 18.7. The SMILES string of the molecule is COC(=O)C1Cc2ccccc2N1C(=O)c1cc(OC)c(OCc2ccccc2)c(OC)c1. The van der Waals surface area contributed by atoms with E-state index in [-0.39, 0.29) is 5.91 Å². The number of anilines is 1. The fourth-order valence-corrected chi connectivity index (χ4v) is 3.98. The van der Waals surface area contributed by atoms with Gasteiger partial charge in [-0.25, -0.2) is 4.79 Å². The van der Waals surface area contributed by atoms with Crippen LogP contribution in [-0.2, 0) is 22.6 Å². The van der Waals surface area contributed by atoms with Crippen LogP contribution in [0.3, 0.4) is 0 Å². The number of nitrogens with zero attached hydrogens (tertiary/aromatic N) is 1. The Hall–Kier alpha value is -4.00. The monoisotopic (exact) mass is 447 g/mol. The highest BCUT2D eigenvalue weighted by Crippen LogP contribution is 2.41. The van der Waals surface area contributed by atoms with Crippen molar-refractivity contribution < 1.29 is 28.5 Å². The van der Waals surface area contributed by atoms with E-state index in [1.54, 1.807) is 12.1 Å². The number of rotatable bonds is 7. The summed E-state index contributed by atoms with van der Waals surface area (Å²) in [4.78, 5) is 27.6. The highest BCUT2D eigenvalue weighted by Gasteiger charge is 2.39. The minimum atomic E-state index is -0.745. The average Bonchev–Trinajstić information content (AvgIpc) is 3.26. The van der Waals surface area contributed by atoms with Crippen LogP contribution < -0.4 is 19.1 Å². The first-order valence-corrected chi connectivity index (χ1v) is 10.5. The minimum absolute atomic E-state index is 0.307. The molecule has 1 aliphatic heterocycles. The molecule has 7 heteroatoms. The number of fused-ring (bicyclic) bond motifs is 1. The summed E-state index contributed by atoms with van der Waals surface area (Å²) in [5.41, 5.74) is 2.88. The quantitative estimate of drug-likeness (QED) is 0.509. The number of hydrogen-bond acceptors (Lipinski definition) is 6. The Morgan fingerprint density at radius 2 is 1.55 bits per heavy atom. The predicted molar refractivity (Wildman–Crippen MR) is 123 cm³/mol. The second kappa shape index (κ2) is 9.65. The van der Waals surface area contributed by atoms with Crippen molar-refractivity contribution >= 4 is 17.6 Å². The number of benzene rings is 3. The standard InChI is InChI=1S/C26H25NO6/c1-30-22-14-19(15-23(31-2)24(22)33-16-17-9-5-4-6-10-17)25(28)27-20-12-8-7-11-18(20)13-21(27)26(29)32-3/h4-12,14-15,21H,13,16H2,1-3H3. The van der Waals surface area contributed by atoms with Gasteiger partial charge in [0.1, 0.15) is 12.6 Å². The van der Waals surface area contributed by atoms with Gasteiger partial charge in [-0.05, 0) is 29.3 Å². The van der Waals surface area contributed by atoms with Crippen LogP contribution in [0.5, 0.6) is 17.2 Å². The molecule has 3 aromatic carbocycles. The molecule has 0 saturated carbocycles. The molecule has 0 bridgehead atoms. The topological polar surface area (TPSA) is 74.3 Å². The highest BCUT2D eigenvalue weighted by atomic mass is 16.5. The van der Waals surface area contributed by atoms with Gasteiger partial charge < -0.3 is 18.9 Å². The normalized spacial score (nSPS) is 14.4. The Morgan fingerprint density at radius 3 is 2.18 bits per heavy atom. The fraction of sp³-hybridized carbons (Fsp3) is 0.231. The van der Waals surface area contributed by atoms with E-state index in [1.165, 1.54) is 26.2 Å². The lowest BCUT2D eigenvalue weighted by Gasteiger charge is -2.24. The zero-order valence-corrected chi connectivity index (χ0v) is 18.7. The molecule has 0 spiro atoms. The van der Waals surface area contributed by atoms with Crippen molar-refractivity contribution in [2.75, 3.05) is 26.2 Å². The fourth-order valence-electron chi connectivity index (χ4n) is 3.98. The maximum Gasteiger partial charge on any atom is 0.329 e. The molecule has 0 N–H and O–H groups in total. The Morgan fingerprint density at radius 1 is 0.909 bits per heavy atom. The summed E-state index contributed by atoms with van der Waals surface area (Å²) in [7, 11) is 4.32. The van der Waals surface area contributed by atoms with Crippen molar-refractivity contribution in [3.63, 3.8) is 0 Å². The van der Waals surface area contributed by atoms with Crippen molar-refractivity contribution in [3.05, 3.63) is 83.4 Å². The molecule has 0 aromatic heterocycles. The van der Waals surface area contributed by atoms with Gasteiger partial charge in [-0.1, -0.05) is 48.5 Å². The van der Waals surface area contributed by atoms with Crippen molar-refractivity contribution in [1.29, 1.82) is 0 Å². The smallest absolute Gasteiger partial charge is 0.329 e. The maximum absolute atomic E-state index is 13.6. The zero-order chi connectivity index (χ0) is 23.4. The van der Waals surface area contributed by atoms with Crippen molar-refractivity contribution in [3.8, 4) is 17.2 Å². The van der Waals surface area contributed by atoms with E-state index in [2.05, 4.69) is 0 Å². The number of carbonyl (C=O) groups excluding carboxylic acids is 2. The Balaban J connectivity index is 1.69. The van der Waals surface area contributed by atoms with E-state index in [4.69, 9.17) is 18.9 Å². The van der Waals surface area contributed by atoms with Crippen LogP contribution in [0.2, 0.25) is 0 Å². The van der Waals surface area contributed by atoms with E-state index >= 15 is 0 Å². The van der Waals surface area contributed by atoms with Gasteiger partial charge in [0, 0.05) is 17.7 Å². The summed E-state index contributed by atoms with van der Waals surface area (Å²) >= 11 is 0. The van der Waals surface area contributed by atoms with Crippen LogP contribution in [0, 0.1) is 0 Å². The van der Waals surface area contributed by atoms with Gasteiger partial charge in [0.25, 0.3) is 5.91 Å². The van der Waals surface area contributed by atoms with Gasteiger partial charge in [-0.3, -0.25) is 9.69 Å². The summed E-state index contributed by atoms with van der Waals surface area (Å²) in [6, 6.07) is 19.6. The highest BCUT2D eigenvalue weighted by molar-refractivity contribution is 6.11. The van der Waals surface area contributed by atoms with E-state index in [0.29, 0.717) is 41.5 Å². The lowest BCUT2D eigenvalue weighted by Crippen LogP contribution is -2.43. The molecule has 1 aliphatic rings. The average molecular weight is 447 g/mol. The molecule has 0 saturated heterocycles. The molecule has 1 heterocycles. The summed E-state index contributed by atoms with van der Waals surface area (Å²) in [5.74, 6) is 0.279. The molecule has 0 aliphatic carbocycles. The third kappa shape index (κ3) is 4.35. The Bertz CT molecular complexity index is 1140. The molecule has 3 aromatic rings. The molecule has 0 fully saturated rings. The van der Waals surface area contributed by atoms with Crippen molar-refractivity contribution in [2.24, 2.45) is 0 Å². The number of ether oxygens (including phenoxy) is 4. The summed E-state index contributed by atoms with van der Waals surface area (Å²) in [6.45, 7) is 0.310. The minimum Gasteiger partial charge on any atom is -0.493 e. The van der Waals surface area contributed by atoms with Gasteiger partial charge in [-0.2, -0.15) is 0 Å². The molecule has 170 valence electrons. The lowest BCUT2D eigenvalue weighted by molar-refractivity contribution is -0.141. The van der Waals surface area contributed by atoms with Gasteiger partial charge >= 0.3 is 5.97 Å². The van der Waals surface area contributed by atoms with Gasteiger partial charge in [0.15, 0.2) is 11.5 Å². The molecule has 0 radical (unpaired) electrons. The third-order valence-corrected chi connectivity index (χ3v) is 5.60. The van der Waals surface area contributed by atoms with E-state index < -0.39 is 12.0 Å². The number of para-hydroxylation sites is 1. The van der Waals surface area contributed by atoms with E-state index in [1.807, 2.05) is 54.6 Å². The van der Waals surface area contributed by atoms with Crippen LogP contribution in [0.4, 0.5) is 5.69 Å². The first-order chi connectivity index (χ1) is 16.1. The number of methoxy groups -OCH3 is 3. The van der Waals surface area contributed by atoms with Crippen LogP contribution in [0.15, 0.2) is 66.7 Å². The summed E-state index contributed by atoms with van der Waals surface area (Å²) < 4.78 is 22.0. The van der Waals surface area contributed by atoms with Gasteiger partial charge in [-0.15, -0.1) is 0 Å². The summed E-state index contributed by atoms with van der Waals surface area (Å²) in [5, 5.41) is 0.